The number of carbonyl (C=O) groups excluding carboxylic acids is 1. The van der Waals surface area contributed by atoms with Crippen molar-refractivity contribution in [3.63, 3.8) is 0 Å². The summed E-state index contributed by atoms with van der Waals surface area (Å²) in [6.45, 7) is 4.80. The van der Waals surface area contributed by atoms with Crippen LogP contribution in [-0.2, 0) is 16.8 Å². The van der Waals surface area contributed by atoms with Crippen LogP contribution in [0.25, 0.3) is 0 Å². The Hall–Kier alpha value is -2.14. The average Bonchev–Trinajstić information content (AvgIpc) is 3.34. The molecule has 138 valence electrons. The second-order valence-corrected chi connectivity index (χ2v) is 7.71. The van der Waals surface area contributed by atoms with Crippen LogP contribution in [0.3, 0.4) is 0 Å². The van der Waals surface area contributed by atoms with Crippen LogP contribution in [0.5, 0.6) is 0 Å². The van der Waals surface area contributed by atoms with Crippen LogP contribution in [0, 0.1) is 5.92 Å². The van der Waals surface area contributed by atoms with Crippen molar-refractivity contribution in [1.29, 1.82) is 0 Å². The smallest absolute Gasteiger partial charge is 0.250 e. The van der Waals surface area contributed by atoms with E-state index in [-0.39, 0.29) is 11.9 Å². The molecule has 0 aliphatic carbocycles. The molecule has 0 radical (unpaired) electrons. The number of hydrogen-bond donors (Lipinski definition) is 1. The molecular weight excluding hydrogens is 324 g/mol. The maximum atomic E-state index is 13.7. The Morgan fingerprint density at radius 2 is 2.00 bits per heavy atom. The minimum absolute atomic E-state index is 0.255. The fraction of sp³-hybridized carbons (Fsp3) is 0.524. The lowest BCUT2D eigenvalue weighted by atomic mass is 9.86. The van der Waals surface area contributed by atoms with Gasteiger partial charge in [0.15, 0.2) is 0 Å². The Labute approximate surface area is 155 Å². The van der Waals surface area contributed by atoms with Gasteiger partial charge in [-0.2, -0.15) is 5.10 Å². The number of rotatable bonds is 4. The first-order valence-electron chi connectivity index (χ1n) is 9.76. The Morgan fingerprint density at radius 1 is 1.23 bits per heavy atom. The number of nitrogens with one attached hydrogen (secondary N) is 1. The van der Waals surface area contributed by atoms with E-state index in [1.54, 1.807) is 6.20 Å². The summed E-state index contributed by atoms with van der Waals surface area (Å²) < 4.78 is 1.91. The largest absolute Gasteiger partial charge is 0.338 e. The molecule has 2 aromatic rings. The number of aromatic nitrogens is 2. The van der Waals surface area contributed by atoms with E-state index in [0.717, 1.165) is 45.3 Å². The third-order valence-corrected chi connectivity index (χ3v) is 6.29. The molecule has 2 saturated heterocycles. The van der Waals surface area contributed by atoms with E-state index in [4.69, 9.17) is 0 Å². The van der Waals surface area contributed by atoms with Gasteiger partial charge in [-0.1, -0.05) is 30.3 Å². The number of carbonyl (C=O) groups is 1. The number of hydrogen-bond acceptors (Lipinski definition) is 3. The van der Waals surface area contributed by atoms with E-state index in [2.05, 4.69) is 52.6 Å². The zero-order chi connectivity index (χ0) is 18.0. The Morgan fingerprint density at radius 3 is 2.69 bits per heavy atom. The van der Waals surface area contributed by atoms with Gasteiger partial charge in [-0.15, -0.1) is 0 Å². The van der Waals surface area contributed by atoms with Gasteiger partial charge in [-0.25, -0.2) is 0 Å². The molecule has 26 heavy (non-hydrogen) atoms. The van der Waals surface area contributed by atoms with Crippen molar-refractivity contribution in [3.8, 4) is 0 Å². The van der Waals surface area contributed by atoms with E-state index in [9.17, 15) is 4.79 Å². The van der Waals surface area contributed by atoms with Crippen molar-refractivity contribution in [3.05, 3.63) is 54.4 Å². The van der Waals surface area contributed by atoms with Crippen molar-refractivity contribution in [2.24, 2.45) is 5.92 Å². The van der Waals surface area contributed by atoms with Gasteiger partial charge in [0.2, 0.25) is 0 Å². The summed E-state index contributed by atoms with van der Waals surface area (Å²) in [6.07, 6.45) is 7.46. The second kappa shape index (κ2) is 7.23. The number of amides is 1. The maximum Gasteiger partial charge on any atom is 0.250 e. The molecule has 2 unspecified atom stereocenters. The van der Waals surface area contributed by atoms with Gasteiger partial charge in [0.05, 0.1) is 0 Å². The fourth-order valence-electron chi connectivity index (χ4n) is 4.65. The van der Waals surface area contributed by atoms with Crippen molar-refractivity contribution in [2.75, 3.05) is 19.6 Å². The highest BCUT2D eigenvalue weighted by Gasteiger charge is 2.47. The van der Waals surface area contributed by atoms with Gasteiger partial charge in [-0.05, 0) is 63.2 Å². The second-order valence-electron chi connectivity index (χ2n) is 7.71. The minimum Gasteiger partial charge on any atom is -0.338 e. The molecule has 5 heteroatoms. The van der Waals surface area contributed by atoms with Crippen LogP contribution >= 0.6 is 0 Å². The van der Waals surface area contributed by atoms with E-state index in [1.807, 2.05) is 16.9 Å². The molecule has 0 spiro atoms. The first kappa shape index (κ1) is 17.3. The van der Waals surface area contributed by atoms with Crippen LogP contribution in [0.15, 0.2) is 48.8 Å². The van der Waals surface area contributed by atoms with Gasteiger partial charge in [0.1, 0.15) is 5.54 Å². The number of likely N-dealkylation sites (tertiary alicyclic amines) is 1. The normalized spacial score (nSPS) is 25.3. The molecule has 2 atom stereocenters. The summed E-state index contributed by atoms with van der Waals surface area (Å²) in [7, 11) is 0. The maximum absolute atomic E-state index is 13.7. The lowest BCUT2D eigenvalue weighted by Gasteiger charge is -2.40. The summed E-state index contributed by atoms with van der Waals surface area (Å²) in [4.78, 5) is 15.8. The van der Waals surface area contributed by atoms with Crippen molar-refractivity contribution in [1.82, 2.24) is 20.0 Å². The summed E-state index contributed by atoms with van der Waals surface area (Å²) in [5, 5.41) is 7.85. The van der Waals surface area contributed by atoms with E-state index in [1.165, 1.54) is 5.56 Å². The topological polar surface area (TPSA) is 50.2 Å². The zero-order valence-corrected chi connectivity index (χ0v) is 15.5. The summed E-state index contributed by atoms with van der Waals surface area (Å²) >= 11 is 0. The molecule has 2 aliphatic rings. The van der Waals surface area contributed by atoms with Crippen LogP contribution in [0.1, 0.15) is 31.7 Å². The molecule has 2 aliphatic heterocycles. The Balaban J connectivity index is 1.53. The lowest BCUT2D eigenvalue weighted by molar-refractivity contribution is -0.144. The molecule has 1 N–H and O–H groups in total. The predicted molar refractivity (Wildman–Crippen MR) is 102 cm³/mol. The zero-order valence-electron chi connectivity index (χ0n) is 15.5. The number of nitrogens with zero attached hydrogens (tertiary/aromatic N) is 3. The SMILES string of the molecule is CC1C(Cc2ccccc2)CCN1C(=O)C1(n2cccn2)CCNCC1. The van der Waals surface area contributed by atoms with Crippen LogP contribution in [0.2, 0.25) is 0 Å². The standard InChI is InChI=1S/C21H28N4O/c1-17-19(16-18-6-3-2-4-7-18)8-15-24(17)20(26)21(9-12-22-13-10-21)25-14-5-11-23-25/h2-7,11,14,17,19,22H,8-10,12-13,15-16H2,1H3. The Bertz CT molecular complexity index is 722. The first-order chi connectivity index (χ1) is 12.7. The molecule has 2 fully saturated rings. The summed E-state index contributed by atoms with van der Waals surface area (Å²) in [5.41, 5.74) is 0.840. The fourth-order valence-corrected chi connectivity index (χ4v) is 4.65. The summed E-state index contributed by atoms with van der Waals surface area (Å²) in [6, 6.07) is 12.8. The van der Waals surface area contributed by atoms with E-state index < -0.39 is 5.54 Å². The summed E-state index contributed by atoms with van der Waals surface area (Å²) in [5.74, 6) is 0.781. The monoisotopic (exact) mass is 352 g/mol. The van der Waals surface area contributed by atoms with Crippen LogP contribution < -0.4 is 5.32 Å². The molecule has 1 amide bonds. The Kier molecular flexibility index (Phi) is 4.81. The highest BCUT2D eigenvalue weighted by molar-refractivity contribution is 5.85. The van der Waals surface area contributed by atoms with Crippen molar-refractivity contribution < 1.29 is 4.79 Å². The molecule has 5 nitrogen and oxygen atoms in total. The molecule has 4 rings (SSSR count). The molecule has 1 aromatic heterocycles. The molecule has 1 aromatic carbocycles. The van der Waals surface area contributed by atoms with Gasteiger partial charge < -0.3 is 10.2 Å². The number of benzene rings is 1. The van der Waals surface area contributed by atoms with Gasteiger partial charge in [-0.3, -0.25) is 9.48 Å². The third kappa shape index (κ3) is 3.05. The van der Waals surface area contributed by atoms with Crippen LogP contribution in [0.4, 0.5) is 0 Å². The lowest BCUT2D eigenvalue weighted by Crippen LogP contribution is -2.56. The van der Waals surface area contributed by atoms with Gasteiger partial charge in [0, 0.05) is 25.0 Å². The third-order valence-electron chi connectivity index (χ3n) is 6.29. The highest BCUT2D eigenvalue weighted by Crippen LogP contribution is 2.35. The quantitative estimate of drug-likeness (QED) is 0.919. The van der Waals surface area contributed by atoms with Crippen LogP contribution in [-0.4, -0.2) is 46.3 Å². The highest BCUT2D eigenvalue weighted by atomic mass is 16.2. The predicted octanol–water partition coefficient (Wildman–Crippen LogP) is 2.44. The average molecular weight is 352 g/mol. The number of piperidine rings is 1. The van der Waals surface area contributed by atoms with E-state index >= 15 is 0 Å². The molecule has 0 bridgehead atoms. The minimum atomic E-state index is -0.523. The molecular formula is C21H28N4O. The first-order valence-corrected chi connectivity index (χ1v) is 9.76. The van der Waals surface area contributed by atoms with Gasteiger partial charge in [0.25, 0.3) is 5.91 Å². The van der Waals surface area contributed by atoms with Crippen molar-refractivity contribution in [2.45, 2.75) is 44.2 Å². The molecule has 0 saturated carbocycles. The van der Waals surface area contributed by atoms with Crippen molar-refractivity contribution >= 4 is 5.91 Å². The van der Waals surface area contributed by atoms with E-state index in [0.29, 0.717) is 5.92 Å². The van der Waals surface area contributed by atoms with Gasteiger partial charge >= 0.3 is 0 Å². The molecule has 3 heterocycles.